The molecule has 0 fully saturated rings. The maximum atomic E-state index is 7.12. The molecule has 1 aliphatic rings. The third-order valence-corrected chi connectivity index (χ3v) is 15.5. The minimum atomic E-state index is -0.241. The molecule has 8 aromatic carbocycles. The molecule has 10 aromatic rings. The number of anilines is 2. The summed E-state index contributed by atoms with van der Waals surface area (Å²) in [7, 11) is 0. The predicted octanol–water partition coefficient (Wildman–Crippen LogP) is 18.4. The molecule has 0 atom stereocenters. The second-order valence-electron chi connectivity index (χ2n) is 23.5. The van der Waals surface area contributed by atoms with Crippen LogP contribution in [0.4, 0.5) is 11.4 Å². The van der Waals surface area contributed by atoms with Crippen molar-refractivity contribution in [1.29, 1.82) is 0 Å². The van der Waals surface area contributed by atoms with Gasteiger partial charge in [-0.05, 0) is 116 Å². The van der Waals surface area contributed by atoms with Gasteiger partial charge in [-0.1, -0.05) is 203 Å². The van der Waals surface area contributed by atoms with Crippen molar-refractivity contribution >= 4 is 33.2 Å². The van der Waals surface area contributed by atoms with Crippen LogP contribution in [-0.4, -0.2) is 16.2 Å². The summed E-state index contributed by atoms with van der Waals surface area (Å²) in [5.74, 6) is 2.39. The van der Waals surface area contributed by atoms with E-state index in [-0.39, 0.29) is 21.7 Å². The molecular weight excluding hydrogens is 913 g/mol. The number of fused-ring (bicyclic) bond motifs is 3. The van der Waals surface area contributed by atoms with Crippen molar-refractivity contribution in [1.82, 2.24) is 9.55 Å². The summed E-state index contributed by atoms with van der Waals surface area (Å²) in [6.45, 7) is 23.6. The Labute approximate surface area is 444 Å². The van der Waals surface area contributed by atoms with Crippen LogP contribution in [0, 0.1) is 5.41 Å². The lowest BCUT2D eigenvalue weighted by Crippen LogP contribution is -2.31. The fourth-order valence-electron chi connectivity index (χ4n) is 10.9. The second kappa shape index (κ2) is 19.0. The highest BCUT2D eigenvalue weighted by molar-refractivity contribution is 6.10. The van der Waals surface area contributed by atoms with Gasteiger partial charge in [0.1, 0.15) is 17.3 Å². The first-order valence-corrected chi connectivity index (χ1v) is 26.4. The summed E-state index contributed by atoms with van der Waals surface area (Å²) in [5, 5.41) is 2.33. The summed E-state index contributed by atoms with van der Waals surface area (Å²) in [6, 6.07) is 74.8. The molecule has 1 aliphatic heterocycles. The van der Waals surface area contributed by atoms with Gasteiger partial charge < -0.3 is 14.5 Å². The van der Waals surface area contributed by atoms with Gasteiger partial charge in [0.25, 0.3) is 0 Å². The monoisotopic (exact) mass is 981 g/mol. The first-order chi connectivity index (χ1) is 35.9. The minimum absolute atomic E-state index is 0.0529. The molecular formula is C70H68N4O. The molecule has 374 valence electrons. The lowest BCUT2D eigenvalue weighted by Gasteiger charge is -2.33. The third kappa shape index (κ3) is 9.53. The molecule has 0 spiro atoms. The molecule has 2 aromatic heterocycles. The summed E-state index contributed by atoms with van der Waals surface area (Å²) in [6.07, 6.45) is 4.29. The molecule has 0 aliphatic carbocycles. The fourth-order valence-corrected chi connectivity index (χ4v) is 10.9. The van der Waals surface area contributed by atoms with Crippen LogP contribution in [0.25, 0.3) is 49.9 Å². The summed E-state index contributed by atoms with van der Waals surface area (Å²) in [4.78, 5) is 9.94. The highest BCUT2D eigenvalue weighted by Gasteiger charge is 2.34. The van der Waals surface area contributed by atoms with E-state index in [1.165, 1.54) is 50.0 Å². The van der Waals surface area contributed by atoms with E-state index >= 15 is 0 Å². The molecule has 5 heteroatoms. The first-order valence-electron chi connectivity index (χ1n) is 26.4. The molecule has 0 N–H and O–H groups in total. The predicted molar refractivity (Wildman–Crippen MR) is 316 cm³/mol. The van der Waals surface area contributed by atoms with E-state index in [0.29, 0.717) is 6.67 Å². The van der Waals surface area contributed by atoms with Crippen molar-refractivity contribution in [3.05, 3.63) is 252 Å². The molecule has 5 nitrogen and oxygen atoms in total. The summed E-state index contributed by atoms with van der Waals surface area (Å²) < 4.78 is 9.43. The van der Waals surface area contributed by atoms with Crippen LogP contribution in [0.1, 0.15) is 97.1 Å². The molecule has 75 heavy (non-hydrogen) atoms. The number of ether oxygens (including phenoxy) is 1. The van der Waals surface area contributed by atoms with Crippen LogP contribution in [0.15, 0.2) is 224 Å². The van der Waals surface area contributed by atoms with E-state index in [1.807, 2.05) is 6.20 Å². The Morgan fingerprint density at radius 2 is 0.987 bits per heavy atom. The molecule has 0 bridgehead atoms. The standard InChI is InChI=1S/C70H68N4O/c1-67(2,3)54-35-36-71-66(43-54)74-63-34-31-55(69(7,8)52-27-19-13-20-28-52)42-62(63)61-33-32-59(45-64(61)74)75-60-40-51(49-25-17-12-18-26-49)38-57(44-60)72-46-65(68(4,5)6)73(47-72)58-39-50(48-23-15-11-16-24-48)37-56(41-58)70(9,10)53-29-21-14-22-30-53/h11-46H,47H2,1-10H3. The van der Waals surface area contributed by atoms with Crippen molar-refractivity contribution in [2.24, 2.45) is 5.41 Å². The quantitative estimate of drug-likeness (QED) is 0.129. The number of allylic oxidation sites excluding steroid dienone is 1. The molecule has 3 heterocycles. The number of hydrogen-bond donors (Lipinski definition) is 0. The molecule has 0 unspecified atom stereocenters. The third-order valence-electron chi connectivity index (χ3n) is 15.5. The Balaban J connectivity index is 1.02. The lowest BCUT2D eigenvalue weighted by atomic mass is 9.77. The molecule has 0 saturated carbocycles. The molecule has 11 rings (SSSR count). The average molecular weight is 981 g/mol. The summed E-state index contributed by atoms with van der Waals surface area (Å²) in [5.41, 5.74) is 15.8. The number of hydrogen-bond acceptors (Lipinski definition) is 4. The zero-order valence-electron chi connectivity index (χ0n) is 45.2. The van der Waals surface area contributed by atoms with Gasteiger partial charge in [0.05, 0.1) is 17.7 Å². The zero-order chi connectivity index (χ0) is 52.3. The number of aromatic nitrogens is 2. The van der Waals surface area contributed by atoms with E-state index in [9.17, 15) is 0 Å². The fraction of sp³-hybridized carbons (Fsp3) is 0.214. The highest BCUT2D eigenvalue weighted by Crippen LogP contribution is 2.45. The average Bonchev–Trinajstić information content (AvgIpc) is 4.04. The van der Waals surface area contributed by atoms with Gasteiger partial charge in [-0.3, -0.25) is 4.57 Å². The van der Waals surface area contributed by atoms with Crippen LogP contribution in [0.5, 0.6) is 11.5 Å². The van der Waals surface area contributed by atoms with Gasteiger partial charge >= 0.3 is 0 Å². The van der Waals surface area contributed by atoms with Crippen molar-refractivity contribution in [3.8, 4) is 39.6 Å². The van der Waals surface area contributed by atoms with Gasteiger partial charge in [-0.15, -0.1) is 0 Å². The van der Waals surface area contributed by atoms with Crippen molar-refractivity contribution in [2.45, 2.75) is 85.5 Å². The Morgan fingerprint density at radius 1 is 0.400 bits per heavy atom. The Bertz CT molecular complexity index is 3730. The van der Waals surface area contributed by atoms with E-state index in [0.717, 1.165) is 56.2 Å². The number of pyridine rings is 1. The Hall–Kier alpha value is -8.15. The topological polar surface area (TPSA) is 33.5 Å². The van der Waals surface area contributed by atoms with E-state index in [1.54, 1.807) is 0 Å². The SMILES string of the molecule is CC(C)(C)C1=CN(c2cc(Oc3ccc4c5cc(C(C)(C)c6ccccc6)ccc5n(-c5cc(C(C)(C)C)ccn5)c4c3)cc(-c3ccccc3)c2)CN1c1cc(-c2ccccc2)cc(C(C)(C)c2ccccc2)c1. The van der Waals surface area contributed by atoms with Gasteiger partial charge in [0.15, 0.2) is 0 Å². The van der Waals surface area contributed by atoms with Crippen LogP contribution >= 0.6 is 0 Å². The Morgan fingerprint density at radius 3 is 1.60 bits per heavy atom. The first kappa shape index (κ1) is 49.1. The molecule has 0 radical (unpaired) electrons. The minimum Gasteiger partial charge on any atom is -0.457 e. The van der Waals surface area contributed by atoms with Gasteiger partial charge in [-0.2, -0.15) is 0 Å². The van der Waals surface area contributed by atoms with Crippen LogP contribution in [-0.2, 0) is 16.2 Å². The normalized spacial score (nSPS) is 13.4. The van der Waals surface area contributed by atoms with Crippen LogP contribution in [0.3, 0.4) is 0 Å². The molecule has 0 saturated heterocycles. The smallest absolute Gasteiger partial charge is 0.137 e. The van der Waals surface area contributed by atoms with Crippen LogP contribution in [0.2, 0.25) is 0 Å². The van der Waals surface area contributed by atoms with Gasteiger partial charge in [0, 0.05) is 68.6 Å². The van der Waals surface area contributed by atoms with E-state index < -0.39 is 0 Å². The van der Waals surface area contributed by atoms with E-state index in [2.05, 4.69) is 296 Å². The zero-order valence-corrected chi connectivity index (χ0v) is 45.2. The lowest BCUT2D eigenvalue weighted by molar-refractivity contribution is 0.483. The van der Waals surface area contributed by atoms with Crippen LogP contribution < -0.4 is 14.5 Å². The van der Waals surface area contributed by atoms with Crippen molar-refractivity contribution < 1.29 is 4.74 Å². The van der Waals surface area contributed by atoms with Gasteiger partial charge in [-0.25, -0.2) is 4.98 Å². The largest absolute Gasteiger partial charge is 0.457 e. The van der Waals surface area contributed by atoms with Crippen molar-refractivity contribution in [3.63, 3.8) is 0 Å². The number of nitrogens with zero attached hydrogens (tertiary/aromatic N) is 4. The number of rotatable bonds is 11. The highest BCUT2D eigenvalue weighted by atomic mass is 16.5. The van der Waals surface area contributed by atoms with E-state index in [4.69, 9.17) is 9.72 Å². The molecule has 0 amide bonds. The van der Waals surface area contributed by atoms with Gasteiger partial charge in [0.2, 0.25) is 0 Å². The maximum absolute atomic E-state index is 7.12. The van der Waals surface area contributed by atoms with Crippen molar-refractivity contribution in [2.75, 3.05) is 16.5 Å². The maximum Gasteiger partial charge on any atom is 0.137 e. The second-order valence-corrected chi connectivity index (χ2v) is 23.5. The number of benzene rings is 8. The summed E-state index contributed by atoms with van der Waals surface area (Å²) >= 11 is 0. The Kier molecular flexibility index (Phi) is 12.4.